The molecule has 4 aromatic rings. The predicted octanol–water partition coefficient (Wildman–Crippen LogP) is 3.38. The first-order chi connectivity index (χ1) is 12.6. The molecule has 0 aliphatic carbocycles. The van der Waals surface area contributed by atoms with Crippen LogP contribution in [0.25, 0.3) is 28.1 Å². The van der Waals surface area contributed by atoms with Crippen LogP contribution in [0, 0.1) is 0 Å². The third-order valence-corrected chi connectivity index (χ3v) is 5.16. The first-order valence-corrected chi connectivity index (χ1v) is 9.06. The van der Waals surface area contributed by atoms with E-state index in [-0.39, 0.29) is 5.91 Å². The van der Waals surface area contributed by atoms with E-state index >= 15 is 0 Å². The predicted molar refractivity (Wildman–Crippen MR) is 103 cm³/mol. The minimum atomic E-state index is -0.405. The molecule has 7 heteroatoms. The lowest BCUT2D eigenvalue weighted by Crippen LogP contribution is -2.23. The molecule has 0 fully saturated rings. The fourth-order valence-corrected chi connectivity index (χ4v) is 3.56. The maximum absolute atomic E-state index is 11.5. The number of aromatic amines is 1. The molecule has 0 aliphatic rings. The van der Waals surface area contributed by atoms with Crippen LogP contribution in [0.15, 0.2) is 65.8 Å². The van der Waals surface area contributed by atoms with E-state index in [1.165, 1.54) is 11.8 Å². The second-order valence-electron chi connectivity index (χ2n) is 5.91. The van der Waals surface area contributed by atoms with Gasteiger partial charge >= 0.3 is 0 Å². The van der Waals surface area contributed by atoms with Crippen LogP contribution in [0.5, 0.6) is 0 Å². The Balaban J connectivity index is 1.86. The highest BCUT2D eigenvalue weighted by molar-refractivity contribution is 8.00. The van der Waals surface area contributed by atoms with Crippen LogP contribution in [0.2, 0.25) is 0 Å². The number of amides is 1. The zero-order valence-electron chi connectivity index (χ0n) is 14.1. The molecule has 0 saturated heterocycles. The third kappa shape index (κ3) is 2.97. The topological polar surface area (TPSA) is 89.6 Å². The molecule has 4 rings (SSSR count). The summed E-state index contributed by atoms with van der Waals surface area (Å²) >= 11 is 1.30. The molecule has 0 unspecified atom stereocenters. The number of aromatic nitrogens is 4. The van der Waals surface area contributed by atoms with Crippen molar-refractivity contribution in [3.05, 3.63) is 60.7 Å². The smallest absolute Gasteiger partial charge is 0.230 e. The van der Waals surface area contributed by atoms with Gasteiger partial charge in [-0.2, -0.15) is 0 Å². The Kier molecular flexibility index (Phi) is 4.22. The van der Waals surface area contributed by atoms with Crippen molar-refractivity contribution in [2.24, 2.45) is 5.73 Å². The lowest BCUT2D eigenvalue weighted by molar-refractivity contribution is -0.117. The average molecular weight is 363 g/mol. The number of nitrogens with two attached hydrogens (primary N) is 1. The molecule has 0 radical (unpaired) electrons. The number of carbonyl (C=O) groups excluding carboxylic acids is 1. The number of rotatable bonds is 5. The molecular formula is C19H17N5OS. The number of benzene rings is 2. The number of hydrogen-bond donors (Lipinski definition) is 2. The van der Waals surface area contributed by atoms with Gasteiger partial charge in [0.1, 0.15) is 0 Å². The van der Waals surface area contributed by atoms with E-state index in [0.29, 0.717) is 11.0 Å². The standard InChI is InChI=1S/C19H17N5OS/c1-12(17(20)25)26-19-23-22-18(24(19)14-8-3-2-4-9-14)16-11-13-7-5-6-10-15(13)21-16/h2-12,21H,1H3,(H2,20,25)/t12-/m1/s1. The quantitative estimate of drug-likeness (QED) is 0.532. The van der Waals surface area contributed by atoms with Gasteiger partial charge in [-0.1, -0.05) is 48.2 Å². The highest BCUT2D eigenvalue weighted by Crippen LogP contribution is 2.31. The second kappa shape index (κ2) is 6.68. The largest absolute Gasteiger partial charge is 0.369 e. The molecule has 0 aliphatic heterocycles. The van der Waals surface area contributed by atoms with Gasteiger partial charge in [-0.25, -0.2) is 0 Å². The van der Waals surface area contributed by atoms with Crippen molar-refractivity contribution < 1.29 is 4.79 Å². The first-order valence-electron chi connectivity index (χ1n) is 8.18. The van der Waals surface area contributed by atoms with E-state index in [9.17, 15) is 4.79 Å². The lowest BCUT2D eigenvalue weighted by atomic mass is 10.2. The number of nitrogens with zero attached hydrogens (tertiary/aromatic N) is 3. The highest BCUT2D eigenvalue weighted by Gasteiger charge is 2.21. The summed E-state index contributed by atoms with van der Waals surface area (Å²) in [4.78, 5) is 14.9. The molecule has 1 atom stereocenters. The summed E-state index contributed by atoms with van der Waals surface area (Å²) in [6.45, 7) is 1.76. The summed E-state index contributed by atoms with van der Waals surface area (Å²) in [5, 5.41) is 10.0. The normalized spacial score (nSPS) is 12.3. The number of fused-ring (bicyclic) bond motifs is 1. The molecule has 0 bridgehead atoms. The number of thioether (sulfide) groups is 1. The molecule has 3 N–H and O–H groups in total. The van der Waals surface area contributed by atoms with Gasteiger partial charge in [0.25, 0.3) is 0 Å². The number of para-hydroxylation sites is 2. The average Bonchev–Trinajstić information content (AvgIpc) is 3.26. The number of H-pyrrole nitrogens is 1. The Hall–Kier alpha value is -3.06. The number of hydrogen-bond acceptors (Lipinski definition) is 4. The van der Waals surface area contributed by atoms with E-state index in [2.05, 4.69) is 15.2 Å². The molecule has 2 aromatic heterocycles. The van der Waals surface area contributed by atoms with Gasteiger partial charge in [0.15, 0.2) is 11.0 Å². The minimum absolute atomic E-state index is 0.384. The van der Waals surface area contributed by atoms with Crippen LogP contribution >= 0.6 is 11.8 Å². The molecule has 1 amide bonds. The Bertz CT molecular complexity index is 1040. The third-order valence-electron chi connectivity index (χ3n) is 4.10. The van der Waals surface area contributed by atoms with Crippen LogP contribution in [0.4, 0.5) is 0 Å². The van der Waals surface area contributed by atoms with Crippen molar-refractivity contribution in [1.29, 1.82) is 0 Å². The summed E-state index contributed by atoms with van der Waals surface area (Å²) in [7, 11) is 0. The van der Waals surface area contributed by atoms with Crippen molar-refractivity contribution in [3.63, 3.8) is 0 Å². The van der Waals surface area contributed by atoms with Crippen LogP contribution in [-0.4, -0.2) is 30.9 Å². The Morgan fingerprint density at radius 1 is 1.12 bits per heavy atom. The van der Waals surface area contributed by atoms with Gasteiger partial charge in [0.05, 0.1) is 10.9 Å². The maximum atomic E-state index is 11.5. The molecule has 0 spiro atoms. The van der Waals surface area contributed by atoms with E-state index in [1.807, 2.05) is 65.2 Å². The zero-order valence-corrected chi connectivity index (χ0v) is 14.9. The fraction of sp³-hybridized carbons (Fsp3) is 0.105. The van der Waals surface area contributed by atoms with Crippen molar-refractivity contribution in [2.75, 3.05) is 0 Å². The molecule has 6 nitrogen and oxygen atoms in total. The lowest BCUT2D eigenvalue weighted by Gasteiger charge is -2.11. The Morgan fingerprint density at radius 3 is 2.58 bits per heavy atom. The van der Waals surface area contributed by atoms with E-state index < -0.39 is 5.25 Å². The molecule has 2 aromatic carbocycles. The molecule has 130 valence electrons. The minimum Gasteiger partial charge on any atom is -0.369 e. The zero-order chi connectivity index (χ0) is 18.1. The number of primary amides is 1. The van der Waals surface area contributed by atoms with E-state index in [0.717, 1.165) is 22.3 Å². The summed E-state index contributed by atoms with van der Waals surface area (Å²) in [6, 6.07) is 19.9. The van der Waals surface area contributed by atoms with Gasteiger partial charge in [0, 0.05) is 16.6 Å². The summed E-state index contributed by atoms with van der Waals surface area (Å²) in [5.74, 6) is 0.302. The highest BCUT2D eigenvalue weighted by atomic mass is 32.2. The summed E-state index contributed by atoms with van der Waals surface area (Å²) in [5.41, 5.74) is 8.23. The SMILES string of the molecule is C[C@@H](Sc1nnc(-c2cc3ccccc3[nH]2)n1-c1ccccc1)C(N)=O. The first kappa shape index (κ1) is 16.4. The van der Waals surface area contributed by atoms with Gasteiger partial charge in [-0.3, -0.25) is 9.36 Å². The van der Waals surface area contributed by atoms with Crippen LogP contribution in [0.1, 0.15) is 6.92 Å². The van der Waals surface area contributed by atoms with Crippen LogP contribution in [0.3, 0.4) is 0 Å². The number of carbonyl (C=O) groups is 1. The Labute approximate surface area is 154 Å². The van der Waals surface area contributed by atoms with E-state index in [1.54, 1.807) is 6.92 Å². The number of nitrogens with one attached hydrogen (secondary N) is 1. The van der Waals surface area contributed by atoms with Gasteiger partial charge in [-0.05, 0) is 31.2 Å². The van der Waals surface area contributed by atoms with Crippen molar-refractivity contribution >= 4 is 28.6 Å². The molecule has 26 heavy (non-hydrogen) atoms. The summed E-state index contributed by atoms with van der Waals surface area (Å²) in [6.07, 6.45) is 0. The maximum Gasteiger partial charge on any atom is 0.230 e. The monoisotopic (exact) mass is 363 g/mol. The summed E-state index contributed by atoms with van der Waals surface area (Å²) < 4.78 is 1.94. The van der Waals surface area contributed by atoms with Crippen molar-refractivity contribution in [2.45, 2.75) is 17.3 Å². The van der Waals surface area contributed by atoms with Gasteiger partial charge in [0.2, 0.25) is 5.91 Å². The molecule has 0 saturated carbocycles. The van der Waals surface area contributed by atoms with Crippen molar-refractivity contribution in [1.82, 2.24) is 19.7 Å². The van der Waals surface area contributed by atoms with E-state index in [4.69, 9.17) is 5.73 Å². The molecule has 2 heterocycles. The van der Waals surface area contributed by atoms with Gasteiger partial charge < -0.3 is 10.7 Å². The second-order valence-corrected chi connectivity index (χ2v) is 7.22. The Morgan fingerprint density at radius 2 is 1.85 bits per heavy atom. The van der Waals surface area contributed by atoms with Crippen molar-refractivity contribution in [3.8, 4) is 17.2 Å². The molecular weight excluding hydrogens is 346 g/mol. The van der Waals surface area contributed by atoms with Gasteiger partial charge in [-0.15, -0.1) is 10.2 Å². The van der Waals surface area contributed by atoms with Crippen LogP contribution < -0.4 is 5.73 Å². The fourth-order valence-electron chi connectivity index (χ4n) is 2.74. The van der Waals surface area contributed by atoms with Crippen LogP contribution in [-0.2, 0) is 4.79 Å².